The average molecular weight is 867 g/mol. The summed E-state index contributed by atoms with van der Waals surface area (Å²) in [5.41, 5.74) is 6.01. The van der Waals surface area contributed by atoms with E-state index in [-0.39, 0.29) is 26.4 Å². The maximum absolute atomic E-state index is 11.9. The number of benzene rings is 6. The van der Waals surface area contributed by atoms with Crippen LogP contribution in [0.15, 0.2) is 182 Å². The van der Waals surface area contributed by atoms with Gasteiger partial charge in [-0.3, -0.25) is 0 Å². The Hall–Kier alpha value is -5.08. The smallest absolute Gasteiger partial charge is 0.184 e. The highest BCUT2D eigenvalue weighted by atomic mass is 16.7. The zero-order valence-corrected chi connectivity index (χ0v) is 36.0. The number of rotatable bonds is 22. The first kappa shape index (κ1) is 45.5. The first-order chi connectivity index (χ1) is 31.6. The molecule has 6 aromatic carbocycles. The van der Waals surface area contributed by atoms with Gasteiger partial charge in [-0.25, -0.2) is 0 Å². The maximum atomic E-state index is 11.9. The van der Waals surface area contributed by atoms with E-state index in [1.807, 2.05) is 182 Å². The van der Waals surface area contributed by atoms with Crippen molar-refractivity contribution in [3.05, 3.63) is 215 Å². The second-order valence-corrected chi connectivity index (χ2v) is 16.1. The summed E-state index contributed by atoms with van der Waals surface area (Å²) >= 11 is 0. The van der Waals surface area contributed by atoms with Gasteiger partial charge in [-0.15, -0.1) is 0 Å². The topological polar surface area (TPSA) is 103 Å². The van der Waals surface area contributed by atoms with Gasteiger partial charge in [0.15, 0.2) is 12.6 Å². The van der Waals surface area contributed by atoms with Crippen LogP contribution in [0.2, 0.25) is 0 Å². The highest BCUT2D eigenvalue weighted by molar-refractivity contribution is 5.18. The molecule has 2 aliphatic heterocycles. The molecule has 0 amide bonds. The van der Waals surface area contributed by atoms with E-state index in [1.165, 1.54) is 0 Å². The fraction of sp³-hybridized carbons (Fsp3) is 0.333. The zero-order valence-electron chi connectivity index (χ0n) is 36.0. The molecule has 334 valence electrons. The van der Waals surface area contributed by atoms with Crippen LogP contribution in [0, 0.1) is 0 Å². The van der Waals surface area contributed by atoms with Gasteiger partial charge in [-0.2, -0.15) is 0 Å². The van der Waals surface area contributed by atoms with Crippen LogP contribution in [0.1, 0.15) is 39.8 Å². The fourth-order valence-corrected chi connectivity index (χ4v) is 8.04. The van der Waals surface area contributed by atoms with Gasteiger partial charge in [0, 0.05) is 6.42 Å². The third kappa shape index (κ3) is 13.5. The Morgan fingerprint density at radius 3 is 1.14 bits per heavy atom. The highest BCUT2D eigenvalue weighted by Crippen LogP contribution is 2.35. The number of ether oxygens (including phenoxy) is 9. The van der Waals surface area contributed by atoms with Gasteiger partial charge >= 0.3 is 0 Å². The minimum atomic E-state index is -1.38. The summed E-state index contributed by atoms with van der Waals surface area (Å²) in [5.74, 6) is 0. The monoisotopic (exact) mass is 866 g/mol. The molecule has 0 bridgehead atoms. The molecule has 0 aromatic heterocycles. The molecule has 1 N–H and O–H groups in total. The molecule has 8 rings (SSSR count). The predicted molar refractivity (Wildman–Crippen MR) is 241 cm³/mol. The molecule has 9 atom stereocenters. The molecule has 0 spiro atoms. The molecule has 0 radical (unpaired) electrons. The van der Waals surface area contributed by atoms with Gasteiger partial charge in [0.25, 0.3) is 0 Å². The van der Waals surface area contributed by atoms with Crippen LogP contribution in [-0.2, 0) is 82.3 Å². The van der Waals surface area contributed by atoms with Crippen LogP contribution in [0.3, 0.4) is 0 Å². The van der Waals surface area contributed by atoms with E-state index in [4.69, 9.17) is 42.6 Å². The van der Waals surface area contributed by atoms with Crippen molar-refractivity contribution in [2.75, 3.05) is 13.2 Å². The number of aliphatic hydroxyl groups is 1. The van der Waals surface area contributed by atoms with E-state index in [0.29, 0.717) is 32.8 Å². The Morgan fingerprint density at radius 2 is 0.719 bits per heavy atom. The SMILES string of the molecule is O[C@H]1O[C@H](COCc2ccccc2)[C@@H](OCc2ccccc2)[C@H](O[C@@H]2C[C@@H](OCc3ccccc3)[C@H](OCc3ccccc3)[C@@H](COCc3ccccc3)O2)[C@H]1OCc1ccccc1. The molecular weight excluding hydrogens is 809 g/mol. The second-order valence-electron chi connectivity index (χ2n) is 16.1. The van der Waals surface area contributed by atoms with Gasteiger partial charge in [0.2, 0.25) is 0 Å². The Kier molecular flexibility index (Phi) is 17.3. The molecule has 0 aliphatic carbocycles. The molecule has 6 aromatic rings. The fourth-order valence-electron chi connectivity index (χ4n) is 8.04. The largest absolute Gasteiger partial charge is 0.374 e. The molecule has 2 saturated heterocycles. The molecule has 2 heterocycles. The van der Waals surface area contributed by atoms with Crippen LogP contribution in [0.4, 0.5) is 0 Å². The Bertz CT molecular complexity index is 2170. The van der Waals surface area contributed by atoms with E-state index < -0.39 is 55.3 Å². The number of hydrogen-bond acceptors (Lipinski definition) is 10. The summed E-state index contributed by atoms with van der Waals surface area (Å²) in [6.45, 7) is 2.21. The minimum Gasteiger partial charge on any atom is -0.374 e. The molecule has 2 fully saturated rings. The predicted octanol–water partition coefficient (Wildman–Crippen LogP) is 8.98. The second kappa shape index (κ2) is 24.3. The van der Waals surface area contributed by atoms with Crippen molar-refractivity contribution < 1.29 is 47.7 Å². The van der Waals surface area contributed by atoms with Crippen molar-refractivity contribution in [2.24, 2.45) is 0 Å². The van der Waals surface area contributed by atoms with Gasteiger partial charge in [-0.1, -0.05) is 182 Å². The van der Waals surface area contributed by atoms with Crippen LogP contribution in [-0.4, -0.2) is 73.6 Å². The van der Waals surface area contributed by atoms with Gasteiger partial charge in [0.05, 0.1) is 59.0 Å². The summed E-state index contributed by atoms with van der Waals surface area (Å²) < 4.78 is 59.9. The van der Waals surface area contributed by atoms with E-state index in [2.05, 4.69) is 0 Å². The van der Waals surface area contributed by atoms with Crippen molar-refractivity contribution in [1.82, 2.24) is 0 Å². The summed E-state index contributed by atoms with van der Waals surface area (Å²) in [7, 11) is 0. The van der Waals surface area contributed by atoms with Crippen molar-refractivity contribution in [3.63, 3.8) is 0 Å². The Balaban J connectivity index is 1.09. The summed E-state index contributed by atoms with van der Waals surface area (Å²) in [6, 6.07) is 59.8. The molecule has 10 heteroatoms. The molecule has 2 aliphatic rings. The van der Waals surface area contributed by atoms with E-state index in [1.54, 1.807) is 0 Å². The Morgan fingerprint density at radius 1 is 0.375 bits per heavy atom. The maximum Gasteiger partial charge on any atom is 0.184 e. The lowest BCUT2D eigenvalue weighted by Gasteiger charge is -2.47. The first-order valence-electron chi connectivity index (χ1n) is 22.1. The van der Waals surface area contributed by atoms with Gasteiger partial charge < -0.3 is 47.7 Å². The van der Waals surface area contributed by atoms with Crippen molar-refractivity contribution in [3.8, 4) is 0 Å². The highest BCUT2D eigenvalue weighted by Gasteiger charge is 2.51. The lowest BCUT2D eigenvalue weighted by molar-refractivity contribution is -0.354. The number of hydrogen-bond donors (Lipinski definition) is 1. The first-order valence-corrected chi connectivity index (χ1v) is 22.1. The average Bonchev–Trinajstić information content (AvgIpc) is 3.34. The van der Waals surface area contributed by atoms with Crippen molar-refractivity contribution in [1.29, 1.82) is 0 Å². The Labute approximate surface area is 376 Å². The molecule has 10 nitrogen and oxygen atoms in total. The summed E-state index contributed by atoms with van der Waals surface area (Å²) in [6.07, 6.45) is -6.87. The molecule has 64 heavy (non-hydrogen) atoms. The van der Waals surface area contributed by atoms with Crippen LogP contribution >= 0.6 is 0 Å². The third-order valence-corrected chi connectivity index (χ3v) is 11.4. The van der Waals surface area contributed by atoms with E-state index in [0.717, 1.165) is 33.4 Å². The van der Waals surface area contributed by atoms with E-state index in [9.17, 15) is 5.11 Å². The van der Waals surface area contributed by atoms with Gasteiger partial charge in [-0.05, 0) is 33.4 Å². The van der Waals surface area contributed by atoms with E-state index >= 15 is 0 Å². The van der Waals surface area contributed by atoms with Crippen LogP contribution in [0.5, 0.6) is 0 Å². The van der Waals surface area contributed by atoms with Crippen LogP contribution < -0.4 is 0 Å². The molecule has 0 saturated carbocycles. The van der Waals surface area contributed by atoms with Crippen molar-refractivity contribution in [2.45, 2.75) is 101 Å². The third-order valence-electron chi connectivity index (χ3n) is 11.4. The quantitative estimate of drug-likeness (QED) is 0.0712. The van der Waals surface area contributed by atoms with Gasteiger partial charge in [0.1, 0.15) is 36.6 Å². The lowest BCUT2D eigenvalue weighted by atomic mass is 9.97. The summed E-state index contributed by atoms with van der Waals surface area (Å²) in [4.78, 5) is 0. The molecule has 0 unspecified atom stereocenters. The zero-order chi connectivity index (χ0) is 43.6. The standard InChI is InChI=1S/C54H58O10/c55-54-53(61-37-45-29-17-6-18-30-45)52(51(60-36-44-27-15-5-16-28-44)48(63-54)39-57-33-41-21-9-2-10-22-41)64-49-31-46(58-34-42-23-11-3-12-24-42)50(59-35-43-25-13-4-14-26-43)47(62-49)38-56-32-40-19-7-1-8-20-40/h1-30,46-55H,31-39H2/t46-,47-,48-,49-,50+,51-,52+,53-,54+/m1/s1. The number of aliphatic hydroxyl groups excluding tert-OH is 1. The normalized spacial score (nSPS) is 24.6. The van der Waals surface area contributed by atoms with Crippen molar-refractivity contribution >= 4 is 0 Å². The molecular formula is C54H58O10. The lowest BCUT2D eigenvalue weighted by Crippen LogP contribution is -2.63. The van der Waals surface area contributed by atoms with Crippen LogP contribution in [0.25, 0.3) is 0 Å². The summed E-state index contributed by atoms with van der Waals surface area (Å²) in [5, 5.41) is 11.9. The minimum absolute atomic E-state index is 0.121.